The molecule has 0 radical (unpaired) electrons. The van der Waals surface area contributed by atoms with Gasteiger partial charge in [0.2, 0.25) is 0 Å². The molecule has 5 nitrogen and oxygen atoms in total. The lowest BCUT2D eigenvalue weighted by molar-refractivity contribution is -0.138. The number of nitrogen functional groups attached to an aromatic ring is 1. The molecule has 5 heteroatoms. The van der Waals surface area contributed by atoms with E-state index >= 15 is 0 Å². The van der Waals surface area contributed by atoms with Gasteiger partial charge in [0.1, 0.15) is 11.9 Å². The third-order valence-corrected chi connectivity index (χ3v) is 2.01. The second kappa shape index (κ2) is 4.56. The second-order valence-electron chi connectivity index (χ2n) is 3.26. The number of carbonyl (C=O) groups is 1. The van der Waals surface area contributed by atoms with Crippen LogP contribution >= 0.6 is 0 Å². The first kappa shape index (κ1) is 11.2. The van der Waals surface area contributed by atoms with Crippen LogP contribution < -0.4 is 11.5 Å². The molecule has 0 aliphatic heterocycles. The lowest BCUT2D eigenvalue weighted by Crippen LogP contribution is -2.32. The molecule has 1 atom stereocenters. The van der Waals surface area contributed by atoms with Crippen LogP contribution in [-0.2, 0) is 11.2 Å². The highest BCUT2D eigenvalue weighted by Crippen LogP contribution is 2.06. The van der Waals surface area contributed by atoms with Crippen LogP contribution in [0.3, 0.4) is 0 Å². The normalized spacial score (nSPS) is 12.1. The van der Waals surface area contributed by atoms with Gasteiger partial charge >= 0.3 is 5.97 Å². The number of nitrogens with one attached hydrogen (secondary N) is 1. The summed E-state index contributed by atoms with van der Waals surface area (Å²) < 4.78 is 0. The van der Waals surface area contributed by atoms with E-state index in [1.54, 1.807) is 24.3 Å². The maximum atomic E-state index is 10.5. The van der Waals surface area contributed by atoms with Crippen molar-refractivity contribution in [2.45, 2.75) is 12.5 Å². The maximum Gasteiger partial charge on any atom is 0.320 e. The van der Waals surface area contributed by atoms with Crippen LogP contribution in [0, 0.1) is 5.41 Å². The molecule has 0 bridgehead atoms. The minimum atomic E-state index is -1.04. The Morgan fingerprint density at radius 3 is 2.73 bits per heavy atom. The van der Waals surface area contributed by atoms with Gasteiger partial charge in [-0.1, -0.05) is 18.2 Å². The molecule has 80 valence electrons. The summed E-state index contributed by atoms with van der Waals surface area (Å²) in [5, 5.41) is 15.9. The summed E-state index contributed by atoms with van der Waals surface area (Å²) in [5.41, 5.74) is 12.0. The zero-order valence-corrected chi connectivity index (χ0v) is 8.10. The predicted octanol–water partition coefficient (Wildman–Crippen LogP) is -0.0749. The van der Waals surface area contributed by atoms with Crippen LogP contribution in [0.25, 0.3) is 0 Å². The molecule has 0 saturated carbocycles. The molecule has 1 aromatic carbocycles. The Morgan fingerprint density at radius 2 is 2.20 bits per heavy atom. The number of carboxylic acid groups (broad SMARTS) is 1. The van der Waals surface area contributed by atoms with Gasteiger partial charge in [-0.2, -0.15) is 0 Å². The van der Waals surface area contributed by atoms with Crippen molar-refractivity contribution < 1.29 is 9.90 Å². The standard InChI is InChI=1S/C10H13N3O2/c11-8(10(14)15)5-6-2-1-3-7(4-6)9(12)13/h1-4,8H,5,11H2,(H3,12,13)(H,14,15). The minimum absolute atomic E-state index is 0.0410. The van der Waals surface area contributed by atoms with Gasteiger partial charge in [0.25, 0.3) is 0 Å². The molecule has 1 unspecified atom stereocenters. The van der Waals surface area contributed by atoms with E-state index in [1.807, 2.05) is 0 Å². The van der Waals surface area contributed by atoms with Crippen molar-refractivity contribution in [2.24, 2.45) is 11.5 Å². The number of aliphatic carboxylic acids is 1. The number of carboxylic acids is 1. The third-order valence-electron chi connectivity index (χ3n) is 2.01. The Morgan fingerprint density at radius 1 is 1.53 bits per heavy atom. The highest BCUT2D eigenvalue weighted by molar-refractivity contribution is 5.95. The lowest BCUT2D eigenvalue weighted by Gasteiger charge is -2.07. The summed E-state index contributed by atoms with van der Waals surface area (Å²) in [6.45, 7) is 0. The Hall–Kier alpha value is -1.88. The predicted molar refractivity (Wildman–Crippen MR) is 56.8 cm³/mol. The highest BCUT2D eigenvalue weighted by Gasteiger charge is 2.12. The van der Waals surface area contributed by atoms with Gasteiger partial charge in [-0.25, -0.2) is 0 Å². The molecule has 0 aliphatic carbocycles. The van der Waals surface area contributed by atoms with Gasteiger partial charge in [-0.15, -0.1) is 0 Å². The molecule has 6 N–H and O–H groups in total. The van der Waals surface area contributed by atoms with Crippen molar-refractivity contribution in [3.63, 3.8) is 0 Å². The van der Waals surface area contributed by atoms with Crippen molar-refractivity contribution in [3.8, 4) is 0 Å². The zero-order valence-electron chi connectivity index (χ0n) is 8.10. The fourth-order valence-electron chi connectivity index (χ4n) is 1.21. The monoisotopic (exact) mass is 207 g/mol. The average Bonchev–Trinajstić information content (AvgIpc) is 2.18. The number of rotatable bonds is 4. The van der Waals surface area contributed by atoms with E-state index in [9.17, 15) is 4.79 Å². The molecule has 0 aromatic heterocycles. The van der Waals surface area contributed by atoms with Crippen LogP contribution in [0.4, 0.5) is 0 Å². The van der Waals surface area contributed by atoms with Crippen molar-refractivity contribution in [1.29, 1.82) is 5.41 Å². The van der Waals surface area contributed by atoms with Gasteiger partial charge in [0.05, 0.1) is 0 Å². The van der Waals surface area contributed by atoms with Gasteiger partial charge in [0.15, 0.2) is 0 Å². The number of nitrogens with two attached hydrogens (primary N) is 2. The molecule has 0 heterocycles. The smallest absolute Gasteiger partial charge is 0.320 e. The number of hydrogen-bond donors (Lipinski definition) is 4. The van der Waals surface area contributed by atoms with Gasteiger partial charge in [-0.3, -0.25) is 10.2 Å². The van der Waals surface area contributed by atoms with E-state index in [0.717, 1.165) is 5.56 Å². The first-order chi connectivity index (χ1) is 7.00. The first-order valence-electron chi connectivity index (χ1n) is 4.42. The lowest BCUT2D eigenvalue weighted by atomic mass is 10.0. The SMILES string of the molecule is N=C(N)c1cccc(CC(N)C(=O)O)c1. The summed E-state index contributed by atoms with van der Waals surface area (Å²) in [7, 11) is 0. The second-order valence-corrected chi connectivity index (χ2v) is 3.26. The van der Waals surface area contributed by atoms with Crippen molar-refractivity contribution in [1.82, 2.24) is 0 Å². The van der Waals surface area contributed by atoms with Crippen molar-refractivity contribution in [2.75, 3.05) is 0 Å². The quantitative estimate of drug-likeness (QED) is 0.408. The zero-order chi connectivity index (χ0) is 11.4. The summed E-state index contributed by atoms with van der Waals surface area (Å²) in [6, 6.07) is 5.92. The topological polar surface area (TPSA) is 113 Å². The molecule has 0 saturated heterocycles. The Labute approximate surface area is 87.2 Å². The summed E-state index contributed by atoms with van der Waals surface area (Å²) >= 11 is 0. The highest BCUT2D eigenvalue weighted by atomic mass is 16.4. The summed E-state index contributed by atoms with van der Waals surface area (Å²) in [4.78, 5) is 10.5. The van der Waals surface area contributed by atoms with E-state index < -0.39 is 12.0 Å². The van der Waals surface area contributed by atoms with Crippen LogP contribution in [0.2, 0.25) is 0 Å². The Bertz CT molecular complexity index is 390. The molecule has 0 fully saturated rings. The van der Waals surface area contributed by atoms with Crippen LogP contribution in [0.5, 0.6) is 0 Å². The van der Waals surface area contributed by atoms with Crippen LogP contribution in [-0.4, -0.2) is 23.0 Å². The molecular formula is C10H13N3O2. The van der Waals surface area contributed by atoms with Crippen molar-refractivity contribution >= 4 is 11.8 Å². The number of benzene rings is 1. The van der Waals surface area contributed by atoms with Gasteiger partial charge in [0, 0.05) is 5.56 Å². The first-order valence-corrected chi connectivity index (χ1v) is 4.42. The summed E-state index contributed by atoms with van der Waals surface area (Å²) in [5.74, 6) is -1.08. The Balaban J connectivity index is 2.82. The molecule has 1 rings (SSSR count). The largest absolute Gasteiger partial charge is 0.480 e. The minimum Gasteiger partial charge on any atom is -0.480 e. The van der Waals surface area contributed by atoms with Gasteiger partial charge < -0.3 is 16.6 Å². The van der Waals surface area contributed by atoms with Crippen molar-refractivity contribution in [3.05, 3.63) is 35.4 Å². The molecule has 0 amide bonds. The third kappa shape index (κ3) is 3.07. The summed E-state index contributed by atoms with van der Waals surface area (Å²) in [6.07, 6.45) is 0.233. The van der Waals surface area contributed by atoms with E-state index in [0.29, 0.717) is 5.56 Å². The fourth-order valence-corrected chi connectivity index (χ4v) is 1.21. The molecule has 1 aromatic rings. The van der Waals surface area contributed by atoms with Crippen LogP contribution in [0.15, 0.2) is 24.3 Å². The Kier molecular flexibility index (Phi) is 3.41. The number of hydrogen-bond acceptors (Lipinski definition) is 3. The van der Waals surface area contributed by atoms with Crippen LogP contribution in [0.1, 0.15) is 11.1 Å². The fraction of sp³-hybridized carbons (Fsp3) is 0.200. The average molecular weight is 207 g/mol. The molecule has 0 spiro atoms. The molecule has 0 aliphatic rings. The maximum absolute atomic E-state index is 10.5. The van der Waals surface area contributed by atoms with E-state index in [2.05, 4.69) is 0 Å². The van der Waals surface area contributed by atoms with E-state index in [4.69, 9.17) is 22.0 Å². The molecule has 15 heavy (non-hydrogen) atoms. The number of amidine groups is 1. The van der Waals surface area contributed by atoms with E-state index in [1.165, 1.54) is 0 Å². The van der Waals surface area contributed by atoms with Gasteiger partial charge in [-0.05, 0) is 18.1 Å². The molecular weight excluding hydrogens is 194 g/mol. The van der Waals surface area contributed by atoms with E-state index in [-0.39, 0.29) is 12.3 Å².